The molecule has 0 saturated carbocycles. The van der Waals surface area contributed by atoms with Gasteiger partial charge in [0.2, 0.25) is 11.8 Å². The van der Waals surface area contributed by atoms with E-state index in [1.54, 1.807) is 0 Å². The number of rotatable bonds is 6. The third kappa shape index (κ3) is 49.9. The molecule has 4 N–H and O–H groups in total. The highest BCUT2D eigenvalue weighted by atomic mass is 35.5. The van der Waals surface area contributed by atoms with Gasteiger partial charge in [0.25, 0.3) is 0 Å². The van der Waals surface area contributed by atoms with Crippen molar-refractivity contribution in [2.45, 2.75) is 52.4 Å². The zero-order valence-electron chi connectivity index (χ0n) is 10.0. The summed E-state index contributed by atoms with van der Waals surface area (Å²) in [5.74, 6) is -0.503. The Kier molecular flexibility index (Phi) is 30.8. The molecule has 0 radical (unpaired) electrons. The molecule has 0 aliphatic rings. The number of amides is 2. The van der Waals surface area contributed by atoms with Gasteiger partial charge in [0.15, 0.2) is 0 Å². The molecule has 100 valence electrons. The molecule has 0 aromatic carbocycles. The molecule has 0 saturated heterocycles. The number of nitrogens with two attached hydrogens (primary N) is 2. The first-order valence-electron chi connectivity index (χ1n) is 5.05. The van der Waals surface area contributed by atoms with Crippen LogP contribution in [0.3, 0.4) is 0 Å². The van der Waals surface area contributed by atoms with Gasteiger partial charge in [0.05, 0.1) is 0 Å². The van der Waals surface area contributed by atoms with Gasteiger partial charge >= 0.3 is 0 Å². The maximum atomic E-state index is 10.3. The van der Waals surface area contributed by atoms with Crippen molar-refractivity contribution in [3.05, 3.63) is 0 Å². The summed E-state index contributed by atoms with van der Waals surface area (Å²) in [7, 11) is 0. The Hall–Kier alpha value is -0.480. The molecule has 0 aromatic heterocycles. The third-order valence-corrected chi connectivity index (χ3v) is 1.53. The van der Waals surface area contributed by atoms with E-state index in [9.17, 15) is 9.59 Å². The highest BCUT2D eigenvalue weighted by Gasteiger charge is 1.92. The molecule has 0 unspecified atom stereocenters. The third-order valence-electron chi connectivity index (χ3n) is 1.53. The van der Waals surface area contributed by atoms with Crippen LogP contribution in [0.5, 0.6) is 0 Å². The highest BCUT2D eigenvalue weighted by molar-refractivity contribution is 5.85. The molecule has 0 aliphatic carbocycles. The molecule has 0 spiro atoms. The summed E-state index contributed by atoms with van der Waals surface area (Å²) in [4.78, 5) is 19.5. The van der Waals surface area contributed by atoms with Crippen molar-refractivity contribution < 1.29 is 9.59 Å². The van der Waals surface area contributed by atoms with Gasteiger partial charge in [-0.1, -0.05) is 32.6 Å². The second kappa shape index (κ2) is 20.0. The topological polar surface area (TPSA) is 86.2 Å². The number of unbranched alkanes of at least 4 members (excludes halogenated alkanes) is 4. The van der Waals surface area contributed by atoms with Crippen LogP contribution < -0.4 is 11.5 Å². The molecule has 0 rings (SSSR count). The summed E-state index contributed by atoms with van der Waals surface area (Å²) < 4.78 is 0. The summed E-state index contributed by atoms with van der Waals surface area (Å²) in [5.41, 5.74) is 9.44. The van der Waals surface area contributed by atoms with Gasteiger partial charge in [0.1, 0.15) is 0 Å². The van der Waals surface area contributed by atoms with Gasteiger partial charge in [-0.2, -0.15) is 0 Å². The molecule has 4 nitrogen and oxygen atoms in total. The Morgan fingerprint density at radius 1 is 0.938 bits per heavy atom. The average Bonchev–Trinajstić information content (AvgIpc) is 2.02. The zero-order valence-corrected chi connectivity index (χ0v) is 11.7. The molecular formula is C10H24Cl2N2O2. The predicted octanol–water partition coefficient (Wildman–Crippen LogP) is 2.17. The van der Waals surface area contributed by atoms with Gasteiger partial charge in [0, 0.05) is 13.3 Å². The molecule has 6 heteroatoms. The minimum absolute atomic E-state index is 0. The largest absolute Gasteiger partial charge is 0.370 e. The van der Waals surface area contributed by atoms with E-state index in [4.69, 9.17) is 5.73 Å². The number of halogens is 2. The van der Waals surface area contributed by atoms with Crippen LogP contribution in [0, 0.1) is 0 Å². The van der Waals surface area contributed by atoms with Crippen LogP contribution in [-0.4, -0.2) is 11.8 Å². The number of hydrogen-bond donors (Lipinski definition) is 2. The second-order valence-corrected chi connectivity index (χ2v) is 3.24. The van der Waals surface area contributed by atoms with Crippen molar-refractivity contribution in [3.63, 3.8) is 0 Å². The molecule has 0 bridgehead atoms. The Balaban J connectivity index is -0.000000105. The van der Waals surface area contributed by atoms with Crippen molar-refractivity contribution in [2.75, 3.05) is 0 Å². The minimum Gasteiger partial charge on any atom is -0.370 e. The van der Waals surface area contributed by atoms with E-state index >= 15 is 0 Å². The Bertz CT molecular complexity index is 163. The van der Waals surface area contributed by atoms with Crippen molar-refractivity contribution in [2.24, 2.45) is 11.5 Å². The molecule has 2 amide bonds. The zero-order chi connectivity index (χ0) is 11.4. The summed E-state index contributed by atoms with van der Waals surface area (Å²) in [6, 6.07) is 0. The quantitative estimate of drug-likeness (QED) is 0.728. The number of carbonyl (C=O) groups excluding carboxylic acids is 2. The second-order valence-electron chi connectivity index (χ2n) is 3.24. The van der Waals surface area contributed by atoms with E-state index in [0.717, 1.165) is 12.8 Å². The smallest absolute Gasteiger partial charge is 0.217 e. The van der Waals surface area contributed by atoms with Crippen LogP contribution in [-0.2, 0) is 9.59 Å². The fourth-order valence-electron chi connectivity index (χ4n) is 0.903. The van der Waals surface area contributed by atoms with Gasteiger partial charge in [-0.25, -0.2) is 0 Å². The first-order chi connectivity index (χ1) is 6.50. The molecule has 0 atom stereocenters. The van der Waals surface area contributed by atoms with Crippen molar-refractivity contribution >= 4 is 36.6 Å². The van der Waals surface area contributed by atoms with Crippen molar-refractivity contribution in [1.82, 2.24) is 0 Å². The predicted molar refractivity (Wildman–Crippen MR) is 71.9 cm³/mol. The fraction of sp³-hybridized carbons (Fsp3) is 0.800. The van der Waals surface area contributed by atoms with Gasteiger partial charge in [-0.15, -0.1) is 24.8 Å². The Labute approximate surface area is 110 Å². The normalized spacial score (nSPS) is 7.62. The monoisotopic (exact) mass is 274 g/mol. The molecule has 0 heterocycles. The van der Waals surface area contributed by atoms with Gasteiger partial charge in [-0.05, 0) is 6.42 Å². The van der Waals surface area contributed by atoms with Crippen molar-refractivity contribution in [3.8, 4) is 0 Å². The average molecular weight is 275 g/mol. The Morgan fingerprint density at radius 3 is 1.62 bits per heavy atom. The SMILES string of the molecule is CC(N)=O.CCCCCCCC(N)=O.Cl.Cl. The van der Waals surface area contributed by atoms with E-state index < -0.39 is 0 Å². The minimum atomic E-state index is -0.333. The molecule has 16 heavy (non-hydrogen) atoms. The van der Waals surface area contributed by atoms with E-state index in [-0.39, 0.29) is 36.6 Å². The van der Waals surface area contributed by atoms with E-state index in [1.165, 1.54) is 26.2 Å². The summed E-state index contributed by atoms with van der Waals surface area (Å²) in [6.07, 6.45) is 6.44. The van der Waals surface area contributed by atoms with Crippen LogP contribution in [0.25, 0.3) is 0 Å². The van der Waals surface area contributed by atoms with Crippen LogP contribution in [0.4, 0.5) is 0 Å². The summed E-state index contributed by atoms with van der Waals surface area (Å²) in [6.45, 7) is 3.48. The number of hydrogen-bond acceptors (Lipinski definition) is 2. The Morgan fingerprint density at radius 2 is 1.31 bits per heavy atom. The lowest BCUT2D eigenvalue weighted by atomic mass is 10.1. The highest BCUT2D eigenvalue weighted by Crippen LogP contribution is 2.03. The molecule has 0 fully saturated rings. The summed E-state index contributed by atoms with van der Waals surface area (Å²) >= 11 is 0. The summed E-state index contributed by atoms with van der Waals surface area (Å²) in [5, 5.41) is 0. The van der Waals surface area contributed by atoms with Crippen LogP contribution >= 0.6 is 24.8 Å². The van der Waals surface area contributed by atoms with E-state index in [1.807, 2.05) is 0 Å². The lowest BCUT2D eigenvalue weighted by Gasteiger charge is -1.95. The van der Waals surface area contributed by atoms with E-state index in [2.05, 4.69) is 12.7 Å². The van der Waals surface area contributed by atoms with Gasteiger partial charge in [-0.3, -0.25) is 9.59 Å². The lowest BCUT2D eigenvalue weighted by molar-refractivity contribution is -0.118. The van der Waals surface area contributed by atoms with Crippen molar-refractivity contribution in [1.29, 1.82) is 0 Å². The van der Waals surface area contributed by atoms with Crippen LogP contribution in [0.2, 0.25) is 0 Å². The number of primary amides is 2. The first kappa shape index (κ1) is 24.7. The lowest BCUT2D eigenvalue weighted by Crippen LogP contribution is -2.09. The molecule has 0 aromatic rings. The fourth-order valence-corrected chi connectivity index (χ4v) is 0.903. The molecular weight excluding hydrogens is 251 g/mol. The standard InChI is InChI=1S/C8H17NO.C2H5NO.2ClH/c1-2-3-4-5-6-7-8(9)10;1-2(3)4;;/h2-7H2,1H3,(H2,9,10);1H3,(H2,3,4);2*1H. The van der Waals surface area contributed by atoms with Gasteiger partial charge < -0.3 is 11.5 Å². The maximum Gasteiger partial charge on any atom is 0.217 e. The first-order valence-corrected chi connectivity index (χ1v) is 5.05. The number of carbonyl (C=O) groups is 2. The molecule has 0 aliphatic heterocycles. The van der Waals surface area contributed by atoms with Crippen LogP contribution in [0.1, 0.15) is 52.4 Å². The van der Waals surface area contributed by atoms with Crippen LogP contribution in [0.15, 0.2) is 0 Å². The van der Waals surface area contributed by atoms with E-state index in [0.29, 0.717) is 6.42 Å². The maximum absolute atomic E-state index is 10.3.